The second kappa shape index (κ2) is 9.20. The highest BCUT2D eigenvalue weighted by atomic mass is 32.1. The summed E-state index contributed by atoms with van der Waals surface area (Å²) in [5.41, 5.74) is 7.19. The first kappa shape index (κ1) is 21.7. The van der Waals surface area contributed by atoms with Crippen molar-refractivity contribution in [2.75, 3.05) is 5.32 Å². The average Bonchev–Trinajstić information content (AvgIpc) is 2.69. The maximum atomic E-state index is 11.2. The Morgan fingerprint density at radius 3 is 2.30 bits per heavy atom. The summed E-state index contributed by atoms with van der Waals surface area (Å²) in [5.74, 6) is 0.0695. The molecule has 0 saturated carbocycles. The molecule has 4 nitrogen and oxygen atoms in total. The van der Waals surface area contributed by atoms with Crippen LogP contribution in [0, 0.1) is 27.7 Å². The summed E-state index contributed by atoms with van der Waals surface area (Å²) in [6, 6.07) is 15.6. The molecule has 0 atom stereocenters. The standard InChI is InChI=1S/C25H26N2O2S/c1-16-10-17(2)12-22(11-16)26-25(30)23(27-9-5-6-20(14-27)15-28)24(29)21-8-7-18(3)19(4)13-21/h5-14,28H,15H2,1-4H3,(H-,26,29,30)/p+1. The molecule has 0 aliphatic heterocycles. The van der Waals surface area contributed by atoms with E-state index in [1.54, 1.807) is 17.0 Å². The summed E-state index contributed by atoms with van der Waals surface area (Å²) in [7, 11) is 0. The van der Waals surface area contributed by atoms with Crippen LogP contribution in [-0.4, -0.2) is 15.2 Å². The van der Waals surface area contributed by atoms with Gasteiger partial charge in [-0.3, -0.25) is 0 Å². The Morgan fingerprint density at radius 1 is 0.967 bits per heavy atom. The molecule has 5 heteroatoms. The number of nitrogens with zero attached hydrogens (tertiary/aromatic N) is 1. The zero-order chi connectivity index (χ0) is 21.8. The Morgan fingerprint density at radius 2 is 1.67 bits per heavy atom. The molecular formula is C25H27N2O2S+. The summed E-state index contributed by atoms with van der Waals surface area (Å²) < 4.78 is 1.74. The van der Waals surface area contributed by atoms with Gasteiger partial charge in [0.15, 0.2) is 23.1 Å². The van der Waals surface area contributed by atoms with Gasteiger partial charge in [-0.15, -0.1) is 0 Å². The van der Waals surface area contributed by atoms with Crippen molar-refractivity contribution < 1.29 is 14.8 Å². The van der Waals surface area contributed by atoms with Crippen LogP contribution in [0.2, 0.25) is 0 Å². The summed E-state index contributed by atoms with van der Waals surface area (Å²) in [5, 5.41) is 24.1. The number of thiocarbonyl (C=S) groups is 1. The first-order valence-electron chi connectivity index (χ1n) is 9.80. The quantitative estimate of drug-likeness (QED) is 0.235. The normalized spacial score (nSPS) is 11.8. The Hall–Kier alpha value is -3.02. The van der Waals surface area contributed by atoms with Crippen LogP contribution in [0.25, 0.3) is 11.5 Å². The average molecular weight is 420 g/mol. The molecule has 0 amide bonds. The van der Waals surface area contributed by atoms with E-state index in [0.29, 0.717) is 16.2 Å². The lowest BCUT2D eigenvalue weighted by Gasteiger charge is -2.12. The number of hydrogen-bond acceptors (Lipinski definition) is 3. The molecule has 0 saturated heterocycles. The molecule has 1 aromatic heterocycles. The van der Waals surface area contributed by atoms with E-state index in [-0.39, 0.29) is 12.4 Å². The van der Waals surface area contributed by atoms with E-state index in [0.717, 1.165) is 33.5 Å². The Balaban J connectivity index is 2.13. The lowest BCUT2D eigenvalue weighted by Crippen LogP contribution is -2.39. The zero-order valence-corrected chi connectivity index (χ0v) is 18.5. The third-order valence-corrected chi connectivity index (χ3v) is 5.30. The van der Waals surface area contributed by atoms with Crippen LogP contribution in [0.4, 0.5) is 5.69 Å². The van der Waals surface area contributed by atoms with E-state index < -0.39 is 0 Å². The highest BCUT2D eigenvalue weighted by molar-refractivity contribution is 7.81. The van der Waals surface area contributed by atoms with Crippen molar-refractivity contribution >= 4 is 34.3 Å². The molecule has 2 aromatic carbocycles. The second-order valence-electron chi connectivity index (χ2n) is 7.60. The van der Waals surface area contributed by atoms with Crippen LogP contribution < -0.4 is 9.88 Å². The predicted octanol–water partition coefficient (Wildman–Crippen LogP) is 5.02. The minimum Gasteiger partial charge on any atom is -0.502 e. The fourth-order valence-corrected chi connectivity index (χ4v) is 3.69. The summed E-state index contributed by atoms with van der Waals surface area (Å²) >= 11 is 5.73. The number of anilines is 1. The van der Waals surface area contributed by atoms with Gasteiger partial charge in [-0.2, -0.15) is 4.57 Å². The molecule has 0 aliphatic carbocycles. The van der Waals surface area contributed by atoms with Crippen LogP contribution in [-0.2, 0) is 6.61 Å². The van der Waals surface area contributed by atoms with Gasteiger partial charge in [0, 0.05) is 22.9 Å². The highest BCUT2D eigenvalue weighted by Crippen LogP contribution is 2.22. The van der Waals surface area contributed by atoms with Crippen molar-refractivity contribution in [1.29, 1.82) is 0 Å². The molecule has 1 heterocycles. The third-order valence-electron chi connectivity index (χ3n) is 5.00. The topological polar surface area (TPSA) is 56.4 Å². The molecule has 0 radical (unpaired) electrons. The van der Waals surface area contributed by atoms with Gasteiger partial charge in [0.05, 0.1) is 6.61 Å². The zero-order valence-electron chi connectivity index (χ0n) is 17.7. The van der Waals surface area contributed by atoms with Crippen LogP contribution >= 0.6 is 12.2 Å². The van der Waals surface area contributed by atoms with Crippen LogP contribution in [0.5, 0.6) is 0 Å². The molecule has 3 N–H and O–H groups in total. The second-order valence-corrected chi connectivity index (χ2v) is 8.01. The number of aromatic nitrogens is 1. The molecule has 3 rings (SSSR count). The molecule has 30 heavy (non-hydrogen) atoms. The van der Waals surface area contributed by atoms with Crippen molar-refractivity contribution in [1.82, 2.24) is 0 Å². The van der Waals surface area contributed by atoms with Gasteiger partial charge in [-0.05, 0) is 74.2 Å². The summed E-state index contributed by atoms with van der Waals surface area (Å²) in [4.78, 5) is 0.385. The highest BCUT2D eigenvalue weighted by Gasteiger charge is 2.24. The van der Waals surface area contributed by atoms with Crippen molar-refractivity contribution in [3.8, 4) is 0 Å². The number of pyridine rings is 1. The summed E-state index contributed by atoms with van der Waals surface area (Å²) in [6.07, 6.45) is 3.57. The Kier molecular flexibility index (Phi) is 6.65. The van der Waals surface area contributed by atoms with Gasteiger partial charge < -0.3 is 15.5 Å². The van der Waals surface area contributed by atoms with Gasteiger partial charge >= 0.3 is 0 Å². The van der Waals surface area contributed by atoms with Crippen molar-refractivity contribution in [2.45, 2.75) is 34.3 Å². The Bertz CT molecular complexity index is 1120. The largest absolute Gasteiger partial charge is 0.502 e. The first-order valence-corrected chi connectivity index (χ1v) is 10.2. The molecule has 0 aliphatic rings. The maximum Gasteiger partial charge on any atom is 0.288 e. The maximum absolute atomic E-state index is 11.2. The fourth-order valence-electron chi connectivity index (χ4n) is 3.37. The van der Waals surface area contributed by atoms with Gasteiger partial charge in [0.25, 0.3) is 5.70 Å². The number of aliphatic hydroxyl groups is 2. The summed E-state index contributed by atoms with van der Waals surface area (Å²) in [6.45, 7) is 8.01. The Labute approximate surface area is 183 Å². The predicted molar refractivity (Wildman–Crippen MR) is 126 cm³/mol. The lowest BCUT2D eigenvalue weighted by molar-refractivity contribution is -0.576. The van der Waals surface area contributed by atoms with Crippen LogP contribution in [0.1, 0.15) is 33.4 Å². The van der Waals surface area contributed by atoms with Crippen LogP contribution in [0.3, 0.4) is 0 Å². The van der Waals surface area contributed by atoms with Gasteiger partial charge in [0.1, 0.15) is 0 Å². The number of nitrogens with one attached hydrogen (secondary N) is 1. The van der Waals surface area contributed by atoms with E-state index in [4.69, 9.17) is 12.2 Å². The van der Waals surface area contributed by atoms with Crippen LogP contribution in [0.15, 0.2) is 60.9 Å². The SMILES string of the molecule is Cc1cc(C)cc(NC(=S)/C(=C(\O)c2ccc(C)c(C)c2)[n+]2cccc(CO)c2)c1. The molecule has 3 aromatic rings. The number of aliphatic hydroxyl groups excluding tert-OH is 2. The van der Waals surface area contributed by atoms with E-state index in [1.807, 2.05) is 70.2 Å². The number of benzene rings is 2. The minimum absolute atomic E-state index is 0.0695. The van der Waals surface area contributed by atoms with Crippen molar-refractivity contribution in [3.63, 3.8) is 0 Å². The molecule has 0 spiro atoms. The molecule has 0 fully saturated rings. The van der Waals surface area contributed by atoms with E-state index in [2.05, 4.69) is 11.4 Å². The van der Waals surface area contributed by atoms with Crippen molar-refractivity contribution in [3.05, 3.63) is 94.3 Å². The molecule has 154 valence electrons. The van der Waals surface area contributed by atoms with Gasteiger partial charge in [-0.25, -0.2) is 0 Å². The van der Waals surface area contributed by atoms with E-state index in [9.17, 15) is 10.2 Å². The van der Waals surface area contributed by atoms with E-state index >= 15 is 0 Å². The lowest BCUT2D eigenvalue weighted by atomic mass is 10.0. The number of hydrogen-bond donors (Lipinski definition) is 3. The number of aryl methyl sites for hydroxylation is 4. The van der Waals surface area contributed by atoms with Gasteiger partial charge in [-0.1, -0.05) is 30.4 Å². The smallest absolute Gasteiger partial charge is 0.288 e. The molecule has 0 bridgehead atoms. The minimum atomic E-state index is -0.101. The first-order chi connectivity index (χ1) is 14.3. The molecule has 0 unspecified atom stereocenters. The monoisotopic (exact) mass is 419 g/mol. The van der Waals surface area contributed by atoms with Gasteiger partial charge in [0.2, 0.25) is 0 Å². The van der Waals surface area contributed by atoms with Crippen molar-refractivity contribution in [2.24, 2.45) is 0 Å². The third kappa shape index (κ3) is 4.93. The fraction of sp³-hybridized carbons (Fsp3) is 0.200. The molecular weight excluding hydrogens is 392 g/mol. The van der Waals surface area contributed by atoms with E-state index in [1.165, 1.54) is 0 Å². The number of rotatable bonds is 5.